The molecule has 0 aliphatic carbocycles. The van der Waals surface area contributed by atoms with Crippen molar-refractivity contribution >= 4 is 17.5 Å². The molecule has 0 unspecified atom stereocenters. The van der Waals surface area contributed by atoms with Crippen molar-refractivity contribution in [3.63, 3.8) is 0 Å². The second kappa shape index (κ2) is 11.8. The molecule has 0 radical (unpaired) electrons. The number of nitrogens with zero attached hydrogens (tertiary/aromatic N) is 1. The first-order valence-electron chi connectivity index (χ1n) is 9.58. The number of anilines is 1. The van der Waals surface area contributed by atoms with E-state index >= 15 is 0 Å². The van der Waals surface area contributed by atoms with Crippen LogP contribution >= 0.6 is 0 Å². The summed E-state index contributed by atoms with van der Waals surface area (Å²) in [4.78, 5) is 26.5. The predicted octanol–water partition coefficient (Wildman–Crippen LogP) is 2.70. The Kier molecular flexibility index (Phi) is 9.01. The van der Waals surface area contributed by atoms with E-state index in [1.165, 1.54) is 5.56 Å². The van der Waals surface area contributed by atoms with Crippen molar-refractivity contribution in [2.75, 3.05) is 38.6 Å². The molecule has 0 spiro atoms. The Morgan fingerprint density at radius 3 is 2.36 bits per heavy atom. The summed E-state index contributed by atoms with van der Waals surface area (Å²) < 4.78 is 5.25. The molecule has 2 aromatic rings. The fourth-order valence-electron chi connectivity index (χ4n) is 2.92. The predicted molar refractivity (Wildman–Crippen MR) is 112 cm³/mol. The van der Waals surface area contributed by atoms with Crippen molar-refractivity contribution in [1.29, 1.82) is 0 Å². The number of methoxy groups -OCH3 is 1. The van der Waals surface area contributed by atoms with Crippen LogP contribution in [0.5, 0.6) is 5.75 Å². The second-order valence-electron chi connectivity index (χ2n) is 6.54. The molecule has 0 bridgehead atoms. The van der Waals surface area contributed by atoms with Gasteiger partial charge in [-0.2, -0.15) is 0 Å². The van der Waals surface area contributed by atoms with Gasteiger partial charge in [0, 0.05) is 6.54 Å². The molecule has 2 N–H and O–H groups in total. The molecular weight excluding hydrogens is 354 g/mol. The minimum Gasteiger partial charge on any atom is -0.495 e. The molecule has 6 heteroatoms. The van der Waals surface area contributed by atoms with Gasteiger partial charge in [-0.3, -0.25) is 14.5 Å². The highest BCUT2D eigenvalue weighted by atomic mass is 16.5. The van der Waals surface area contributed by atoms with Crippen molar-refractivity contribution in [1.82, 2.24) is 10.2 Å². The molecule has 0 aromatic heterocycles. The van der Waals surface area contributed by atoms with Crippen LogP contribution in [0.25, 0.3) is 0 Å². The molecular formula is C22H29N3O3. The maximum absolute atomic E-state index is 12.4. The summed E-state index contributed by atoms with van der Waals surface area (Å²) in [5.41, 5.74) is 1.81. The lowest BCUT2D eigenvalue weighted by atomic mass is 10.1. The number of rotatable bonds is 11. The smallest absolute Gasteiger partial charge is 0.238 e. The highest BCUT2D eigenvalue weighted by Crippen LogP contribution is 2.22. The normalized spacial score (nSPS) is 10.5. The Morgan fingerprint density at radius 1 is 0.964 bits per heavy atom. The van der Waals surface area contributed by atoms with E-state index in [4.69, 9.17) is 4.74 Å². The average Bonchev–Trinajstić information content (AvgIpc) is 2.69. The molecule has 6 nitrogen and oxygen atoms in total. The Labute approximate surface area is 166 Å². The first-order valence-corrected chi connectivity index (χ1v) is 9.58. The lowest BCUT2D eigenvalue weighted by Crippen LogP contribution is -2.42. The van der Waals surface area contributed by atoms with Crippen molar-refractivity contribution in [2.24, 2.45) is 0 Å². The van der Waals surface area contributed by atoms with Crippen LogP contribution in [0.4, 0.5) is 5.69 Å². The van der Waals surface area contributed by atoms with E-state index in [0.29, 0.717) is 24.5 Å². The number of hydrogen-bond donors (Lipinski definition) is 2. The zero-order valence-electron chi connectivity index (χ0n) is 16.6. The van der Waals surface area contributed by atoms with E-state index in [2.05, 4.69) is 10.6 Å². The summed E-state index contributed by atoms with van der Waals surface area (Å²) in [7, 11) is 1.56. The Balaban J connectivity index is 1.81. The summed E-state index contributed by atoms with van der Waals surface area (Å²) in [6.07, 6.45) is 1.65. The van der Waals surface area contributed by atoms with Gasteiger partial charge >= 0.3 is 0 Å². The van der Waals surface area contributed by atoms with Gasteiger partial charge < -0.3 is 15.4 Å². The van der Waals surface area contributed by atoms with E-state index in [-0.39, 0.29) is 24.9 Å². The minimum absolute atomic E-state index is 0.0746. The summed E-state index contributed by atoms with van der Waals surface area (Å²) in [6, 6.07) is 17.3. The maximum Gasteiger partial charge on any atom is 0.238 e. The SMILES string of the molecule is CCCN(CC(=O)NCCc1ccccc1)CC(=O)Nc1ccccc1OC. The fourth-order valence-corrected chi connectivity index (χ4v) is 2.92. The van der Waals surface area contributed by atoms with Crippen LogP contribution < -0.4 is 15.4 Å². The standard InChI is InChI=1S/C22H29N3O3/c1-3-15-25(16-21(26)23-14-13-18-9-5-4-6-10-18)17-22(27)24-19-11-7-8-12-20(19)28-2/h4-12H,3,13-17H2,1-2H3,(H,23,26)(H,24,27). The zero-order valence-corrected chi connectivity index (χ0v) is 16.6. The summed E-state index contributed by atoms with van der Waals surface area (Å²) >= 11 is 0. The van der Waals surface area contributed by atoms with Crippen LogP contribution in [0.15, 0.2) is 54.6 Å². The Hall–Kier alpha value is -2.86. The molecule has 0 aliphatic heterocycles. The van der Waals surface area contributed by atoms with Crippen molar-refractivity contribution in [3.05, 3.63) is 60.2 Å². The van der Waals surface area contributed by atoms with Gasteiger partial charge in [0.15, 0.2) is 0 Å². The van der Waals surface area contributed by atoms with Crippen molar-refractivity contribution in [3.8, 4) is 5.75 Å². The van der Waals surface area contributed by atoms with Crippen LogP contribution in [0, 0.1) is 0 Å². The van der Waals surface area contributed by atoms with Crippen LogP contribution in [0.3, 0.4) is 0 Å². The molecule has 28 heavy (non-hydrogen) atoms. The van der Waals surface area contributed by atoms with E-state index in [9.17, 15) is 9.59 Å². The summed E-state index contributed by atoms with van der Waals surface area (Å²) in [5.74, 6) is 0.362. The fraction of sp³-hybridized carbons (Fsp3) is 0.364. The van der Waals surface area contributed by atoms with Gasteiger partial charge in [-0.05, 0) is 37.1 Å². The number of hydrogen-bond acceptors (Lipinski definition) is 4. The van der Waals surface area contributed by atoms with Gasteiger partial charge in [0.05, 0.1) is 25.9 Å². The number of ether oxygens (including phenoxy) is 1. The third-order valence-electron chi connectivity index (χ3n) is 4.23. The third kappa shape index (κ3) is 7.40. The van der Waals surface area contributed by atoms with E-state index in [1.54, 1.807) is 19.2 Å². The number of carbonyl (C=O) groups is 2. The van der Waals surface area contributed by atoms with Gasteiger partial charge in [-0.15, -0.1) is 0 Å². The molecule has 0 fully saturated rings. The van der Waals surface area contributed by atoms with Crippen LogP contribution in [-0.2, 0) is 16.0 Å². The summed E-state index contributed by atoms with van der Waals surface area (Å²) in [5, 5.41) is 5.78. The molecule has 0 atom stereocenters. The van der Waals surface area contributed by atoms with E-state index in [0.717, 1.165) is 12.8 Å². The average molecular weight is 383 g/mol. The molecule has 150 valence electrons. The molecule has 0 aliphatic rings. The van der Waals surface area contributed by atoms with Gasteiger partial charge in [0.2, 0.25) is 11.8 Å². The number of para-hydroxylation sites is 2. The van der Waals surface area contributed by atoms with Crippen LogP contribution in [0.2, 0.25) is 0 Å². The molecule has 2 aromatic carbocycles. The molecule has 0 saturated carbocycles. The van der Waals surface area contributed by atoms with Gasteiger partial charge in [0.25, 0.3) is 0 Å². The quantitative estimate of drug-likeness (QED) is 0.626. The summed E-state index contributed by atoms with van der Waals surface area (Å²) in [6.45, 7) is 3.63. The van der Waals surface area contributed by atoms with Crippen LogP contribution in [0.1, 0.15) is 18.9 Å². The molecule has 2 rings (SSSR count). The van der Waals surface area contributed by atoms with Crippen molar-refractivity contribution < 1.29 is 14.3 Å². The Bertz CT molecular complexity index is 750. The van der Waals surface area contributed by atoms with Gasteiger partial charge in [-0.25, -0.2) is 0 Å². The lowest BCUT2D eigenvalue weighted by Gasteiger charge is -2.21. The maximum atomic E-state index is 12.4. The van der Waals surface area contributed by atoms with Gasteiger partial charge in [0.1, 0.15) is 5.75 Å². The van der Waals surface area contributed by atoms with E-state index in [1.807, 2.05) is 54.3 Å². The molecule has 0 saturated heterocycles. The molecule has 0 heterocycles. The number of amides is 2. The highest BCUT2D eigenvalue weighted by Gasteiger charge is 2.15. The number of carbonyl (C=O) groups excluding carboxylic acids is 2. The topological polar surface area (TPSA) is 70.7 Å². The van der Waals surface area contributed by atoms with E-state index < -0.39 is 0 Å². The minimum atomic E-state index is -0.171. The highest BCUT2D eigenvalue weighted by molar-refractivity contribution is 5.94. The first-order chi connectivity index (χ1) is 13.6. The number of nitrogens with one attached hydrogen (secondary N) is 2. The lowest BCUT2D eigenvalue weighted by molar-refractivity contribution is -0.123. The van der Waals surface area contributed by atoms with Gasteiger partial charge in [-0.1, -0.05) is 49.4 Å². The largest absolute Gasteiger partial charge is 0.495 e. The monoisotopic (exact) mass is 383 g/mol. The van der Waals surface area contributed by atoms with Crippen LogP contribution in [-0.4, -0.2) is 50.0 Å². The zero-order chi connectivity index (χ0) is 20.2. The second-order valence-corrected chi connectivity index (χ2v) is 6.54. The Morgan fingerprint density at radius 2 is 1.64 bits per heavy atom. The molecule has 2 amide bonds. The third-order valence-corrected chi connectivity index (χ3v) is 4.23. The van der Waals surface area contributed by atoms with Crippen molar-refractivity contribution in [2.45, 2.75) is 19.8 Å². The first kappa shape index (κ1) is 21.4. The number of benzene rings is 2.